The zero-order valence-corrected chi connectivity index (χ0v) is 13.1. The molecule has 0 radical (unpaired) electrons. The first-order valence-corrected chi connectivity index (χ1v) is 7.10. The van der Waals surface area contributed by atoms with Crippen LogP contribution in [0.1, 0.15) is 39.4 Å². The molecule has 2 rings (SSSR count). The van der Waals surface area contributed by atoms with E-state index in [0.717, 1.165) is 0 Å². The van der Waals surface area contributed by atoms with Gasteiger partial charge in [0.25, 0.3) is 0 Å². The van der Waals surface area contributed by atoms with Crippen molar-refractivity contribution < 1.29 is 14.1 Å². The number of piperazine rings is 1. The number of carbonyl (C=O) groups excluding carboxylic acids is 2. The van der Waals surface area contributed by atoms with Crippen molar-refractivity contribution in [2.45, 2.75) is 53.1 Å². The molecule has 0 aromatic carbocycles. The third kappa shape index (κ3) is 3.22. The average Bonchev–Trinajstić information content (AvgIpc) is 2.78. The van der Waals surface area contributed by atoms with Gasteiger partial charge in [-0.3, -0.25) is 9.59 Å². The van der Waals surface area contributed by atoms with Gasteiger partial charge in [0.2, 0.25) is 17.7 Å². The number of rotatable bonds is 3. The highest BCUT2D eigenvalue weighted by atomic mass is 16.5. The molecule has 7 nitrogen and oxygen atoms in total. The summed E-state index contributed by atoms with van der Waals surface area (Å²) >= 11 is 0. The minimum Gasteiger partial charge on any atom is -0.342 e. The van der Waals surface area contributed by atoms with E-state index < -0.39 is 12.1 Å². The van der Waals surface area contributed by atoms with Crippen LogP contribution in [0, 0.1) is 12.3 Å². The van der Waals surface area contributed by atoms with Crippen LogP contribution in [0.3, 0.4) is 0 Å². The first-order chi connectivity index (χ1) is 9.70. The molecule has 1 saturated heterocycles. The quantitative estimate of drug-likeness (QED) is 0.885. The molecule has 1 aromatic rings. The maximum absolute atomic E-state index is 12.6. The lowest BCUT2D eigenvalue weighted by molar-refractivity contribution is -0.151. The summed E-state index contributed by atoms with van der Waals surface area (Å²) in [5.74, 6) is 0.854. The summed E-state index contributed by atoms with van der Waals surface area (Å²) in [6.45, 7) is 9.66. The van der Waals surface area contributed by atoms with Gasteiger partial charge in [-0.1, -0.05) is 25.9 Å². The number of amides is 2. The lowest BCUT2D eigenvalue weighted by Gasteiger charge is -2.42. The number of nitrogens with zero attached hydrogens (tertiary/aromatic N) is 3. The van der Waals surface area contributed by atoms with Gasteiger partial charge in [0.05, 0.1) is 0 Å². The van der Waals surface area contributed by atoms with Gasteiger partial charge in [-0.15, -0.1) is 0 Å². The van der Waals surface area contributed by atoms with Crippen LogP contribution >= 0.6 is 0 Å². The zero-order valence-electron chi connectivity index (χ0n) is 13.1. The normalized spacial score (nSPS) is 23.4. The maximum Gasteiger partial charge on any atom is 0.246 e. The molecule has 2 amide bonds. The number of aryl methyl sites for hydroxylation is 1. The molecule has 0 bridgehead atoms. The zero-order chi connectivity index (χ0) is 15.8. The molecule has 1 aliphatic rings. The second-order valence-corrected chi connectivity index (χ2v) is 6.49. The first-order valence-electron chi connectivity index (χ1n) is 7.10. The van der Waals surface area contributed by atoms with Crippen molar-refractivity contribution in [2.24, 2.45) is 5.41 Å². The molecule has 2 heterocycles. The molecule has 0 spiro atoms. The van der Waals surface area contributed by atoms with Crippen LogP contribution in [-0.2, 0) is 16.0 Å². The predicted octanol–water partition coefficient (Wildman–Crippen LogP) is 0.682. The third-order valence-corrected chi connectivity index (χ3v) is 3.68. The van der Waals surface area contributed by atoms with Crippen LogP contribution in [0.25, 0.3) is 0 Å². The molecule has 21 heavy (non-hydrogen) atoms. The molecule has 2 atom stereocenters. The van der Waals surface area contributed by atoms with Crippen molar-refractivity contribution in [3.8, 4) is 0 Å². The van der Waals surface area contributed by atoms with E-state index in [1.54, 1.807) is 18.7 Å². The van der Waals surface area contributed by atoms with E-state index in [4.69, 9.17) is 4.52 Å². The molecule has 1 aliphatic heterocycles. The van der Waals surface area contributed by atoms with Crippen molar-refractivity contribution in [3.63, 3.8) is 0 Å². The molecule has 1 aromatic heterocycles. The second kappa shape index (κ2) is 5.46. The Hall–Kier alpha value is -1.92. The Morgan fingerprint density at radius 3 is 2.52 bits per heavy atom. The number of nitrogens with one attached hydrogen (secondary N) is 1. The topological polar surface area (TPSA) is 88.3 Å². The van der Waals surface area contributed by atoms with E-state index in [1.807, 2.05) is 20.8 Å². The van der Waals surface area contributed by atoms with Gasteiger partial charge in [0, 0.05) is 19.9 Å². The molecular weight excluding hydrogens is 272 g/mol. The Morgan fingerprint density at radius 2 is 2.00 bits per heavy atom. The highest BCUT2D eigenvalue weighted by Crippen LogP contribution is 2.25. The van der Waals surface area contributed by atoms with Crippen LogP contribution in [0.15, 0.2) is 4.52 Å². The Balaban J connectivity index is 2.11. The van der Waals surface area contributed by atoms with E-state index in [9.17, 15) is 9.59 Å². The van der Waals surface area contributed by atoms with E-state index >= 15 is 0 Å². The van der Waals surface area contributed by atoms with Crippen LogP contribution in [-0.4, -0.2) is 45.5 Å². The van der Waals surface area contributed by atoms with E-state index in [-0.39, 0.29) is 17.2 Å². The van der Waals surface area contributed by atoms with Crippen molar-refractivity contribution in [3.05, 3.63) is 11.7 Å². The Bertz CT molecular complexity index is 547. The first kappa shape index (κ1) is 15.5. The van der Waals surface area contributed by atoms with Crippen LogP contribution in [0.4, 0.5) is 0 Å². The highest BCUT2D eigenvalue weighted by Gasteiger charge is 2.43. The monoisotopic (exact) mass is 294 g/mol. The molecule has 2 unspecified atom stereocenters. The van der Waals surface area contributed by atoms with Gasteiger partial charge in [-0.25, -0.2) is 0 Å². The fraction of sp³-hybridized carbons (Fsp3) is 0.714. The van der Waals surface area contributed by atoms with E-state index in [2.05, 4.69) is 15.5 Å². The lowest BCUT2D eigenvalue weighted by atomic mass is 9.84. The number of aromatic nitrogens is 2. The summed E-state index contributed by atoms with van der Waals surface area (Å²) in [7, 11) is 0. The maximum atomic E-state index is 12.6. The van der Waals surface area contributed by atoms with Gasteiger partial charge in [-0.2, -0.15) is 4.98 Å². The lowest BCUT2D eigenvalue weighted by Crippen LogP contribution is -2.66. The Morgan fingerprint density at radius 1 is 1.33 bits per heavy atom. The molecule has 1 N–H and O–H groups in total. The minimum atomic E-state index is -0.506. The average molecular weight is 294 g/mol. The van der Waals surface area contributed by atoms with E-state index in [1.165, 1.54) is 0 Å². The van der Waals surface area contributed by atoms with Crippen molar-refractivity contribution in [1.82, 2.24) is 20.4 Å². The van der Waals surface area contributed by atoms with Crippen molar-refractivity contribution >= 4 is 11.8 Å². The molecule has 116 valence electrons. The summed E-state index contributed by atoms with van der Waals surface area (Å²) in [4.78, 5) is 30.4. The van der Waals surface area contributed by atoms with Gasteiger partial charge in [0.15, 0.2) is 5.82 Å². The summed E-state index contributed by atoms with van der Waals surface area (Å²) in [5, 5.41) is 6.62. The summed E-state index contributed by atoms with van der Waals surface area (Å²) in [5.41, 5.74) is -0.326. The molecule has 0 saturated carbocycles. The van der Waals surface area contributed by atoms with Crippen molar-refractivity contribution in [1.29, 1.82) is 0 Å². The fourth-order valence-corrected chi connectivity index (χ4v) is 2.38. The molecule has 0 aliphatic carbocycles. The summed E-state index contributed by atoms with van der Waals surface area (Å²) in [6.07, 6.45) is 0.470. The van der Waals surface area contributed by atoms with E-state index in [0.29, 0.717) is 24.7 Å². The fourth-order valence-electron chi connectivity index (χ4n) is 2.38. The van der Waals surface area contributed by atoms with Crippen molar-refractivity contribution in [2.75, 3.05) is 6.54 Å². The third-order valence-electron chi connectivity index (χ3n) is 3.68. The van der Waals surface area contributed by atoms with Gasteiger partial charge in [0.1, 0.15) is 12.1 Å². The van der Waals surface area contributed by atoms with Gasteiger partial charge < -0.3 is 14.7 Å². The predicted molar refractivity (Wildman–Crippen MR) is 75.3 cm³/mol. The summed E-state index contributed by atoms with van der Waals surface area (Å²) < 4.78 is 4.91. The van der Waals surface area contributed by atoms with Crippen LogP contribution in [0.5, 0.6) is 0 Å². The number of hydrogen-bond donors (Lipinski definition) is 1. The molecule has 7 heteroatoms. The number of hydrogen-bond acceptors (Lipinski definition) is 5. The summed E-state index contributed by atoms with van der Waals surface area (Å²) in [6, 6.07) is -0.989. The number of carbonyl (C=O) groups is 2. The van der Waals surface area contributed by atoms with Crippen LogP contribution in [0.2, 0.25) is 0 Å². The molecular formula is C14H22N4O3. The highest BCUT2D eigenvalue weighted by molar-refractivity contribution is 5.97. The largest absolute Gasteiger partial charge is 0.342 e. The van der Waals surface area contributed by atoms with Crippen LogP contribution < -0.4 is 5.32 Å². The minimum absolute atomic E-state index is 0.0604. The van der Waals surface area contributed by atoms with Gasteiger partial charge in [-0.05, 0) is 12.3 Å². The SMILES string of the molecule is Cc1nc(CCN2C(=O)C(C(C)(C)C)NC(=O)C2C)no1. The standard InChI is InChI=1S/C14H22N4O3/c1-8-12(19)16-11(14(3,4)5)13(20)18(8)7-6-10-15-9(2)21-17-10/h8,11H,6-7H2,1-5H3,(H,16,19). The smallest absolute Gasteiger partial charge is 0.246 e. The Kier molecular flexibility index (Phi) is 4.02. The van der Waals surface area contributed by atoms with Gasteiger partial charge >= 0.3 is 0 Å². The Labute approximate surface area is 124 Å². The molecule has 1 fully saturated rings. The second-order valence-electron chi connectivity index (χ2n) is 6.49.